The van der Waals surface area contributed by atoms with E-state index in [1.807, 2.05) is 23.1 Å². The number of carbonyl (C=O) groups is 1. The molecule has 2 aliphatic heterocycles. The summed E-state index contributed by atoms with van der Waals surface area (Å²) in [5, 5.41) is 3.13. The molecule has 2 aromatic rings. The smallest absolute Gasteiger partial charge is 0.368 e. The summed E-state index contributed by atoms with van der Waals surface area (Å²) in [6.07, 6.45) is 0.147. The Balaban J connectivity index is 1.51. The highest BCUT2D eigenvalue weighted by atomic mass is 19.4. The second kappa shape index (κ2) is 10.0. The summed E-state index contributed by atoms with van der Waals surface area (Å²) >= 11 is 0. The molecule has 1 amide bonds. The summed E-state index contributed by atoms with van der Waals surface area (Å²) in [5.74, 6) is -0.0975. The van der Waals surface area contributed by atoms with Crippen LogP contribution >= 0.6 is 0 Å². The van der Waals surface area contributed by atoms with Crippen LogP contribution in [0.5, 0.6) is 0 Å². The number of benzene rings is 1. The SMILES string of the molecule is O=C(N[C@H](c1ccccn1)[C@H]1CCCN(Cc2ccccc2C(F)(F)F)C1)[C@H]1CCCO1. The number of carbonyl (C=O) groups excluding carboxylic acids is 1. The van der Waals surface area contributed by atoms with Gasteiger partial charge in [0.05, 0.1) is 17.3 Å². The third-order valence-corrected chi connectivity index (χ3v) is 6.26. The third kappa shape index (κ3) is 5.48. The Hall–Kier alpha value is -2.45. The first-order valence-corrected chi connectivity index (χ1v) is 11.1. The quantitative estimate of drug-likeness (QED) is 0.716. The average Bonchev–Trinajstić information content (AvgIpc) is 3.33. The first-order valence-electron chi connectivity index (χ1n) is 11.1. The number of hydrogen-bond donors (Lipinski definition) is 1. The van der Waals surface area contributed by atoms with Crippen molar-refractivity contribution in [3.05, 3.63) is 65.5 Å². The second-order valence-corrected chi connectivity index (χ2v) is 8.53. The molecule has 3 atom stereocenters. The van der Waals surface area contributed by atoms with E-state index in [0.717, 1.165) is 37.6 Å². The summed E-state index contributed by atoms with van der Waals surface area (Å²) in [7, 11) is 0. The number of nitrogens with zero attached hydrogens (tertiary/aromatic N) is 2. The minimum absolute atomic E-state index is 0.0436. The predicted molar refractivity (Wildman–Crippen MR) is 114 cm³/mol. The van der Waals surface area contributed by atoms with Crippen molar-refractivity contribution in [3.63, 3.8) is 0 Å². The number of halogens is 3. The zero-order valence-electron chi connectivity index (χ0n) is 17.9. The summed E-state index contributed by atoms with van der Waals surface area (Å²) in [6.45, 7) is 2.11. The molecule has 5 nitrogen and oxygen atoms in total. The van der Waals surface area contributed by atoms with Crippen molar-refractivity contribution in [2.24, 2.45) is 5.92 Å². The van der Waals surface area contributed by atoms with Crippen LogP contribution in [0.4, 0.5) is 13.2 Å². The first-order chi connectivity index (χ1) is 15.4. The van der Waals surface area contributed by atoms with Crippen LogP contribution in [0, 0.1) is 5.92 Å². The van der Waals surface area contributed by atoms with Gasteiger partial charge in [0, 0.05) is 25.9 Å². The molecule has 172 valence electrons. The molecule has 0 saturated carbocycles. The number of nitrogens with one attached hydrogen (secondary N) is 1. The molecule has 32 heavy (non-hydrogen) atoms. The fourth-order valence-corrected chi connectivity index (χ4v) is 4.71. The predicted octanol–water partition coefficient (Wildman–Crippen LogP) is 4.35. The highest BCUT2D eigenvalue weighted by Crippen LogP contribution is 2.34. The van der Waals surface area contributed by atoms with E-state index in [1.54, 1.807) is 18.3 Å². The maximum Gasteiger partial charge on any atom is 0.416 e. The standard InChI is InChI=1S/C24H28F3N3O2/c25-24(26,27)19-9-2-1-7-17(19)15-30-13-5-8-18(16-30)22(20-10-3-4-12-28-20)29-23(31)21-11-6-14-32-21/h1-4,7,9-10,12,18,21-22H,5-6,8,11,13-16H2,(H,29,31)/t18-,21+,22-/m0/s1. The Labute approximate surface area is 186 Å². The topological polar surface area (TPSA) is 54.5 Å². The van der Waals surface area contributed by atoms with Gasteiger partial charge in [-0.15, -0.1) is 0 Å². The van der Waals surface area contributed by atoms with Crippen molar-refractivity contribution in [2.75, 3.05) is 19.7 Å². The zero-order chi connectivity index (χ0) is 22.6. The van der Waals surface area contributed by atoms with E-state index in [1.165, 1.54) is 6.07 Å². The molecule has 8 heteroatoms. The molecule has 0 bridgehead atoms. The van der Waals surface area contributed by atoms with Crippen LogP contribution in [0.2, 0.25) is 0 Å². The van der Waals surface area contributed by atoms with Gasteiger partial charge in [-0.05, 0) is 61.9 Å². The Kier molecular flexibility index (Phi) is 7.10. The molecule has 0 unspecified atom stereocenters. The number of pyridine rings is 1. The van der Waals surface area contributed by atoms with Crippen molar-refractivity contribution < 1.29 is 22.7 Å². The molecular weight excluding hydrogens is 419 g/mol. The molecule has 2 fully saturated rings. The molecule has 3 heterocycles. The molecule has 0 spiro atoms. The number of amides is 1. The van der Waals surface area contributed by atoms with E-state index in [0.29, 0.717) is 19.6 Å². The number of hydrogen-bond acceptors (Lipinski definition) is 4. The number of rotatable bonds is 6. The molecular formula is C24H28F3N3O2. The van der Waals surface area contributed by atoms with E-state index < -0.39 is 17.8 Å². The van der Waals surface area contributed by atoms with E-state index in [4.69, 9.17) is 4.74 Å². The summed E-state index contributed by atoms with van der Waals surface area (Å²) in [4.78, 5) is 19.3. The number of piperidine rings is 1. The van der Waals surface area contributed by atoms with Crippen molar-refractivity contribution >= 4 is 5.91 Å². The minimum atomic E-state index is -4.38. The fraction of sp³-hybridized carbons (Fsp3) is 0.500. The fourth-order valence-electron chi connectivity index (χ4n) is 4.71. The van der Waals surface area contributed by atoms with Crippen LogP contribution in [-0.2, 0) is 22.3 Å². The lowest BCUT2D eigenvalue weighted by molar-refractivity contribution is -0.138. The monoisotopic (exact) mass is 447 g/mol. The van der Waals surface area contributed by atoms with Crippen molar-refractivity contribution in [3.8, 4) is 0 Å². The number of aromatic nitrogens is 1. The van der Waals surface area contributed by atoms with Crippen LogP contribution in [0.25, 0.3) is 0 Å². The number of alkyl halides is 3. The van der Waals surface area contributed by atoms with E-state index in [2.05, 4.69) is 10.3 Å². The van der Waals surface area contributed by atoms with Gasteiger partial charge >= 0.3 is 6.18 Å². The average molecular weight is 448 g/mol. The lowest BCUT2D eigenvalue weighted by Crippen LogP contribution is -2.45. The first kappa shape index (κ1) is 22.7. The van der Waals surface area contributed by atoms with Gasteiger partial charge in [0.1, 0.15) is 6.10 Å². The van der Waals surface area contributed by atoms with Gasteiger partial charge in [0.25, 0.3) is 0 Å². The number of ether oxygens (including phenoxy) is 1. The highest BCUT2D eigenvalue weighted by molar-refractivity contribution is 5.81. The van der Waals surface area contributed by atoms with Gasteiger partial charge in [0.2, 0.25) is 5.91 Å². The highest BCUT2D eigenvalue weighted by Gasteiger charge is 2.36. The Bertz CT molecular complexity index is 901. The van der Waals surface area contributed by atoms with Crippen LogP contribution in [-0.4, -0.2) is 41.6 Å². The Morgan fingerprint density at radius 3 is 2.69 bits per heavy atom. The molecule has 4 rings (SSSR count). The molecule has 1 N–H and O–H groups in total. The van der Waals surface area contributed by atoms with Gasteiger partial charge in [0.15, 0.2) is 0 Å². The Morgan fingerprint density at radius 2 is 1.97 bits per heavy atom. The second-order valence-electron chi connectivity index (χ2n) is 8.53. The molecule has 2 aliphatic rings. The Morgan fingerprint density at radius 1 is 1.16 bits per heavy atom. The van der Waals surface area contributed by atoms with E-state index in [9.17, 15) is 18.0 Å². The maximum atomic E-state index is 13.4. The molecule has 2 saturated heterocycles. The zero-order valence-corrected chi connectivity index (χ0v) is 17.9. The van der Waals surface area contributed by atoms with Gasteiger partial charge in [-0.3, -0.25) is 14.7 Å². The third-order valence-electron chi connectivity index (χ3n) is 6.26. The van der Waals surface area contributed by atoms with Gasteiger partial charge in [-0.1, -0.05) is 24.3 Å². The summed E-state index contributed by atoms with van der Waals surface area (Å²) in [6, 6.07) is 11.0. The van der Waals surface area contributed by atoms with Gasteiger partial charge in [-0.2, -0.15) is 13.2 Å². The van der Waals surface area contributed by atoms with Crippen molar-refractivity contribution in [1.29, 1.82) is 0 Å². The lowest BCUT2D eigenvalue weighted by Gasteiger charge is -2.37. The molecule has 1 aromatic heterocycles. The van der Waals surface area contributed by atoms with Crippen LogP contribution < -0.4 is 5.32 Å². The number of likely N-dealkylation sites (tertiary alicyclic amines) is 1. The van der Waals surface area contributed by atoms with Gasteiger partial charge < -0.3 is 10.1 Å². The lowest BCUT2D eigenvalue weighted by atomic mass is 9.87. The normalized spacial score (nSPS) is 23.1. The van der Waals surface area contributed by atoms with Crippen LogP contribution in [0.3, 0.4) is 0 Å². The largest absolute Gasteiger partial charge is 0.416 e. The molecule has 1 aromatic carbocycles. The van der Waals surface area contributed by atoms with Crippen molar-refractivity contribution in [1.82, 2.24) is 15.2 Å². The van der Waals surface area contributed by atoms with Crippen LogP contribution in [0.15, 0.2) is 48.7 Å². The minimum Gasteiger partial charge on any atom is -0.368 e. The summed E-state index contributed by atoms with van der Waals surface area (Å²) in [5.41, 5.74) is 0.454. The molecule has 0 radical (unpaired) electrons. The van der Waals surface area contributed by atoms with Crippen molar-refractivity contribution in [2.45, 2.75) is 50.6 Å². The van der Waals surface area contributed by atoms with Gasteiger partial charge in [-0.25, -0.2) is 0 Å². The maximum absolute atomic E-state index is 13.4. The van der Waals surface area contributed by atoms with E-state index in [-0.39, 0.29) is 30.0 Å². The van der Waals surface area contributed by atoms with Crippen LogP contribution in [0.1, 0.15) is 48.5 Å². The summed E-state index contributed by atoms with van der Waals surface area (Å²) < 4.78 is 45.8. The molecule has 0 aliphatic carbocycles. The van der Waals surface area contributed by atoms with E-state index >= 15 is 0 Å².